The molecule has 3 aromatic rings. The van der Waals surface area contributed by atoms with E-state index in [-0.39, 0.29) is 17.6 Å². The summed E-state index contributed by atoms with van der Waals surface area (Å²) in [4.78, 5) is 30.3. The Morgan fingerprint density at radius 2 is 2.13 bits per heavy atom. The van der Waals surface area contributed by atoms with Gasteiger partial charge in [0.05, 0.1) is 12.4 Å². The van der Waals surface area contributed by atoms with Crippen molar-refractivity contribution in [3.63, 3.8) is 0 Å². The van der Waals surface area contributed by atoms with E-state index >= 15 is 0 Å². The minimum Gasteiger partial charge on any atom is -0.442 e. The lowest BCUT2D eigenvalue weighted by molar-refractivity contribution is -0.116. The molecule has 2 fully saturated rings. The van der Waals surface area contributed by atoms with Gasteiger partial charge in [0.25, 0.3) is 5.89 Å². The molecule has 1 aliphatic carbocycles. The van der Waals surface area contributed by atoms with Gasteiger partial charge in [0.2, 0.25) is 11.7 Å². The smallest absolute Gasteiger partial charge is 0.264 e. The zero-order valence-corrected chi connectivity index (χ0v) is 16.7. The second-order valence-corrected chi connectivity index (χ2v) is 7.80. The predicted octanol–water partition coefficient (Wildman–Crippen LogP) is 2.57. The first-order valence-corrected chi connectivity index (χ1v) is 10.2. The Morgan fingerprint density at radius 3 is 2.87 bits per heavy atom. The molecule has 0 bridgehead atoms. The van der Waals surface area contributed by atoms with E-state index in [9.17, 15) is 9.18 Å². The summed E-state index contributed by atoms with van der Waals surface area (Å²) in [5.41, 5.74) is 0.886. The van der Waals surface area contributed by atoms with Crippen LogP contribution in [0, 0.1) is 23.6 Å². The molecule has 9 heteroatoms. The zero-order chi connectivity index (χ0) is 21.2. The van der Waals surface area contributed by atoms with E-state index in [2.05, 4.69) is 25.3 Å². The van der Waals surface area contributed by atoms with E-state index in [0.29, 0.717) is 30.1 Å². The van der Waals surface area contributed by atoms with Crippen molar-refractivity contribution in [1.29, 1.82) is 0 Å². The van der Waals surface area contributed by atoms with Crippen LogP contribution in [0.5, 0.6) is 0 Å². The fraction of sp³-hybridized carbons (Fsp3) is 0.318. The van der Waals surface area contributed by atoms with Crippen molar-refractivity contribution in [3.8, 4) is 11.7 Å². The third-order valence-corrected chi connectivity index (χ3v) is 5.91. The molecule has 158 valence electrons. The summed E-state index contributed by atoms with van der Waals surface area (Å²) in [6.45, 7) is 2.14. The summed E-state index contributed by atoms with van der Waals surface area (Å²) in [5, 5.41) is 2.93. The number of fused-ring (bicyclic) bond motifs is 1. The van der Waals surface area contributed by atoms with Gasteiger partial charge in [0, 0.05) is 38.1 Å². The number of halogens is 1. The van der Waals surface area contributed by atoms with Gasteiger partial charge in [-0.3, -0.25) is 9.78 Å². The lowest BCUT2D eigenvalue weighted by Crippen LogP contribution is -2.28. The third-order valence-electron chi connectivity index (χ3n) is 5.91. The van der Waals surface area contributed by atoms with Crippen molar-refractivity contribution in [2.75, 3.05) is 24.5 Å². The second kappa shape index (κ2) is 8.25. The molecule has 3 atom stereocenters. The van der Waals surface area contributed by atoms with Gasteiger partial charge < -0.3 is 14.6 Å². The van der Waals surface area contributed by atoms with Crippen molar-refractivity contribution in [1.82, 2.24) is 25.3 Å². The molecule has 31 heavy (non-hydrogen) atoms. The number of pyridine rings is 1. The molecule has 0 radical (unpaired) electrons. The summed E-state index contributed by atoms with van der Waals surface area (Å²) in [6, 6.07) is 3.72. The van der Waals surface area contributed by atoms with Crippen molar-refractivity contribution < 1.29 is 13.6 Å². The fourth-order valence-electron chi connectivity index (χ4n) is 4.33. The Morgan fingerprint density at radius 1 is 1.26 bits per heavy atom. The lowest BCUT2D eigenvalue weighted by Gasteiger charge is -2.21. The monoisotopic (exact) mass is 420 g/mol. The minimum absolute atomic E-state index is 0.113. The highest BCUT2D eigenvalue weighted by atomic mass is 19.1. The number of piperidine rings is 1. The van der Waals surface area contributed by atoms with Crippen LogP contribution in [0.25, 0.3) is 17.8 Å². The molecule has 0 unspecified atom stereocenters. The first kappa shape index (κ1) is 19.3. The van der Waals surface area contributed by atoms with Gasteiger partial charge in [-0.15, -0.1) is 0 Å². The Kier molecular flexibility index (Phi) is 5.15. The van der Waals surface area contributed by atoms with Gasteiger partial charge in [-0.05, 0) is 41.9 Å². The number of carbonyl (C=O) groups excluding carboxylic acids is 1. The molecule has 0 spiro atoms. The lowest BCUT2D eigenvalue weighted by atomic mass is 10.2. The number of hydrogen-bond acceptors (Lipinski definition) is 7. The first-order chi connectivity index (χ1) is 15.2. The Bertz CT molecular complexity index is 1080. The normalized spacial score (nSPS) is 22.0. The highest BCUT2D eigenvalue weighted by Gasteiger charge is 2.55. The summed E-state index contributed by atoms with van der Waals surface area (Å²) in [7, 11) is 0. The Hall–Kier alpha value is -3.62. The van der Waals surface area contributed by atoms with Gasteiger partial charge in [-0.1, -0.05) is 6.07 Å². The average molecular weight is 420 g/mol. The van der Waals surface area contributed by atoms with E-state index in [1.807, 2.05) is 17.0 Å². The number of hydrogen-bond donors (Lipinski definition) is 1. The second-order valence-electron chi connectivity index (χ2n) is 7.80. The Labute approximate surface area is 178 Å². The van der Waals surface area contributed by atoms with Crippen LogP contribution in [0.15, 0.2) is 53.7 Å². The molecule has 4 heterocycles. The fourth-order valence-corrected chi connectivity index (χ4v) is 4.33. The predicted molar refractivity (Wildman–Crippen MR) is 111 cm³/mol. The molecule has 3 aromatic heterocycles. The minimum atomic E-state index is -0.444. The summed E-state index contributed by atoms with van der Waals surface area (Å²) < 4.78 is 19.5. The summed E-state index contributed by atoms with van der Waals surface area (Å²) in [5.74, 6) is 1.85. The number of nitrogens with zero attached hydrogens (tertiary/aromatic N) is 5. The van der Waals surface area contributed by atoms with E-state index in [4.69, 9.17) is 4.42 Å². The molecule has 8 nitrogen and oxygen atoms in total. The van der Waals surface area contributed by atoms with Crippen molar-refractivity contribution >= 4 is 17.8 Å². The number of nitrogens with one attached hydrogen (secondary N) is 1. The number of anilines is 1. The maximum Gasteiger partial charge on any atom is 0.264 e. The molecule has 5 rings (SSSR count). The molecule has 0 aromatic carbocycles. The van der Waals surface area contributed by atoms with Crippen LogP contribution < -0.4 is 10.2 Å². The van der Waals surface area contributed by atoms with Crippen LogP contribution >= 0.6 is 0 Å². The molecular weight excluding hydrogens is 399 g/mol. The third kappa shape index (κ3) is 4.16. The number of carbonyl (C=O) groups is 1. The van der Waals surface area contributed by atoms with Crippen LogP contribution in [0.4, 0.5) is 10.2 Å². The molecule has 1 saturated carbocycles. The van der Waals surface area contributed by atoms with Crippen LogP contribution in [-0.4, -0.2) is 45.5 Å². The van der Waals surface area contributed by atoms with Crippen LogP contribution in [-0.2, 0) is 4.79 Å². The average Bonchev–Trinajstić information content (AvgIpc) is 3.20. The molecule has 1 N–H and O–H groups in total. The van der Waals surface area contributed by atoms with E-state index in [1.54, 1.807) is 18.5 Å². The van der Waals surface area contributed by atoms with Gasteiger partial charge in [-0.2, -0.15) is 0 Å². The van der Waals surface area contributed by atoms with E-state index < -0.39 is 5.82 Å². The quantitative estimate of drug-likeness (QED) is 0.587. The SMILES string of the molecule is O=C(/C=C/c1cccnc1)NCC[C@@H]1[C@H]2CN(c3nc(-c4ncco4)ncc3F)C[C@@H]12. The molecule has 2 aliphatic rings. The molecule has 1 aliphatic heterocycles. The summed E-state index contributed by atoms with van der Waals surface area (Å²) >= 11 is 0. The van der Waals surface area contributed by atoms with Crippen molar-refractivity contribution in [2.45, 2.75) is 6.42 Å². The van der Waals surface area contributed by atoms with Gasteiger partial charge >= 0.3 is 0 Å². The number of aromatic nitrogens is 4. The van der Waals surface area contributed by atoms with Gasteiger partial charge in [0.1, 0.15) is 6.26 Å². The highest BCUT2D eigenvalue weighted by molar-refractivity contribution is 5.91. The van der Waals surface area contributed by atoms with Crippen LogP contribution in [0.3, 0.4) is 0 Å². The maximum atomic E-state index is 14.3. The summed E-state index contributed by atoms with van der Waals surface area (Å²) in [6.07, 6.45) is 11.7. The molecular formula is C22H21FN6O2. The number of oxazole rings is 1. The highest BCUT2D eigenvalue weighted by Crippen LogP contribution is 2.54. The standard InChI is InChI=1S/C22H21FN6O2/c23-18-11-27-20(22-26-8-9-31-22)28-21(18)29-12-16-15(17(16)13-29)5-7-25-19(30)4-3-14-2-1-6-24-10-14/h1-4,6,8-11,15-17H,5,7,12-13H2,(H,25,30)/b4-3+/t15-,16-,17+. The largest absolute Gasteiger partial charge is 0.442 e. The molecule has 1 saturated heterocycles. The van der Waals surface area contributed by atoms with Crippen LogP contribution in [0.2, 0.25) is 0 Å². The van der Waals surface area contributed by atoms with Crippen molar-refractivity contribution in [2.24, 2.45) is 17.8 Å². The Balaban J connectivity index is 1.10. The van der Waals surface area contributed by atoms with Gasteiger partial charge in [0.15, 0.2) is 11.6 Å². The maximum absolute atomic E-state index is 14.3. The van der Waals surface area contributed by atoms with Gasteiger partial charge in [-0.25, -0.2) is 19.3 Å². The number of rotatable bonds is 7. The topological polar surface area (TPSA) is 97.0 Å². The number of amides is 1. The van der Waals surface area contributed by atoms with E-state index in [1.165, 1.54) is 18.5 Å². The van der Waals surface area contributed by atoms with Crippen molar-refractivity contribution in [3.05, 3.63) is 60.6 Å². The zero-order valence-electron chi connectivity index (χ0n) is 16.7. The van der Waals surface area contributed by atoms with Crippen LogP contribution in [0.1, 0.15) is 12.0 Å². The first-order valence-electron chi connectivity index (χ1n) is 10.2. The van der Waals surface area contributed by atoms with E-state index in [0.717, 1.165) is 31.3 Å². The molecule has 1 amide bonds.